The second-order valence-corrected chi connectivity index (χ2v) is 8.67. The van der Waals surface area contributed by atoms with Crippen molar-refractivity contribution in [2.45, 2.75) is 11.4 Å². The third-order valence-electron chi connectivity index (χ3n) is 4.20. The molecule has 30 heavy (non-hydrogen) atoms. The van der Waals surface area contributed by atoms with Gasteiger partial charge in [0.15, 0.2) is 0 Å². The van der Waals surface area contributed by atoms with Crippen LogP contribution in [0.1, 0.15) is 15.9 Å². The lowest BCUT2D eigenvalue weighted by atomic mass is 10.2. The van der Waals surface area contributed by atoms with Crippen LogP contribution in [0.15, 0.2) is 71.8 Å². The highest BCUT2D eigenvalue weighted by Crippen LogP contribution is 2.23. The number of aromatic nitrogens is 1. The highest BCUT2D eigenvalue weighted by molar-refractivity contribution is 7.89. The van der Waals surface area contributed by atoms with Crippen molar-refractivity contribution in [2.24, 2.45) is 0 Å². The Morgan fingerprint density at radius 1 is 1.10 bits per heavy atom. The van der Waals surface area contributed by atoms with Crippen LogP contribution < -0.4 is 10.1 Å². The SMILES string of the molecule is CN(C)S(=O)(=O)c1ccc(C(=O)NCc2cccnc2Oc2cccc(F)c2)cc1. The van der Waals surface area contributed by atoms with Crippen LogP contribution in [-0.2, 0) is 16.6 Å². The lowest BCUT2D eigenvalue weighted by Crippen LogP contribution is -2.24. The molecule has 0 aliphatic rings. The fourth-order valence-corrected chi connectivity index (χ4v) is 3.46. The molecule has 0 spiro atoms. The third kappa shape index (κ3) is 5.00. The van der Waals surface area contributed by atoms with Gasteiger partial charge in [0.25, 0.3) is 5.91 Å². The molecule has 0 atom stereocenters. The first-order chi connectivity index (χ1) is 14.3. The highest BCUT2D eigenvalue weighted by Gasteiger charge is 2.17. The molecule has 1 amide bonds. The first-order valence-corrected chi connectivity index (χ1v) is 10.4. The van der Waals surface area contributed by atoms with E-state index in [2.05, 4.69) is 10.3 Å². The van der Waals surface area contributed by atoms with Gasteiger partial charge in [-0.1, -0.05) is 12.1 Å². The van der Waals surface area contributed by atoms with E-state index < -0.39 is 15.8 Å². The van der Waals surface area contributed by atoms with Gasteiger partial charge in [-0.3, -0.25) is 4.79 Å². The number of ether oxygens (including phenoxy) is 1. The van der Waals surface area contributed by atoms with Crippen LogP contribution in [0.2, 0.25) is 0 Å². The number of nitrogens with zero attached hydrogens (tertiary/aromatic N) is 2. The van der Waals surface area contributed by atoms with E-state index in [4.69, 9.17) is 4.74 Å². The van der Waals surface area contributed by atoms with Gasteiger partial charge in [-0.25, -0.2) is 22.1 Å². The maximum Gasteiger partial charge on any atom is 0.251 e. The molecule has 0 fully saturated rings. The molecule has 0 aliphatic heterocycles. The maximum atomic E-state index is 13.4. The second-order valence-electron chi connectivity index (χ2n) is 6.52. The summed E-state index contributed by atoms with van der Waals surface area (Å²) in [5.41, 5.74) is 0.908. The van der Waals surface area contributed by atoms with Crippen molar-refractivity contribution in [2.75, 3.05) is 14.1 Å². The first kappa shape index (κ1) is 21.4. The fourth-order valence-electron chi connectivity index (χ4n) is 2.56. The molecule has 1 N–H and O–H groups in total. The molecule has 0 aliphatic carbocycles. The van der Waals surface area contributed by atoms with Gasteiger partial charge in [-0.15, -0.1) is 0 Å². The molecule has 9 heteroatoms. The van der Waals surface area contributed by atoms with E-state index in [1.54, 1.807) is 18.2 Å². The molecule has 0 radical (unpaired) electrons. The Hall–Kier alpha value is -3.30. The smallest absolute Gasteiger partial charge is 0.251 e. The molecule has 1 heterocycles. The summed E-state index contributed by atoms with van der Waals surface area (Å²) >= 11 is 0. The number of sulfonamides is 1. The van der Waals surface area contributed by atoms with Gasteiger partial charge in [-0.2, -0.15) is 0 Å². The van der Waals surface area contributed by atoms with Crippen LogP contribution in [0.3, 0.4) is 0 Å². The summed E-state index contributed by atoms with van der Waals surface area (Å²) in [4.78, 5) is 16.7. The van der Waals surface area contributed by atoms with Gasteiger partial charge in [0.1, 0.15) is 11.6 Å². The quantitative estimate of drug-likeness (QED) is 0.623. The third-order valence-corrected chi connectivity index (χ3v) is 6.02. The number of amides is 1. The number of benzene rings is 2. The molecular weight excluding hydrogens is 409 g/mol. The molecule has 7 nitrogen and oxygen atoms in total. The van der Waals surface area contributed by atoms with E-state index in [9.17, 15) is 17.6 Å². The lowest BCUT2D eigenvalue weighted by Gasteiger charge is -2.12. The van der Waals surface area contributed by atoms with Gasteiger partial charge in [0.05, 0.1) is 4.90 Å². The van der Waals surface area contributed by atoms with E-state index in [0.29, 0.717) is 16.9 Å². The minimum atomic E-state index is -3.56. The lowest BCUT2D eigenvalue weighted by molar-refractivity contribution is 0.0950. The first-order valence-electron chi connectivity index (χ1n) is 8.95. The average molecular weight is 429 g/mol. The number of pyridine rings is 1. The number of carbonyl (C=O) groups is 1. The van der Waals surface area contributed by atoms with Gasteiger partial charge < -0.3 is 10.1 Å². The van der Waals surface area contributed by atoms with Crippen LogP contribution >= 0.6 is 0 Å². The molecule has 0 bridgehead atoms. The summed E-state index contributed by atoms with van der Waals surface area (Å²) in [6.07, 6.45) is 1.53. The predicted octanol–water partition coefficient (Wildman–Crippen LogP) is 3.19. The van der Waals surface area contributed by atoms with Crippen molar-refractivity contribution in [3.63, 3.8) is 0 Å². The Bertz CT molecular complexity index is 1150. The zero-order valence-electron chi connectivity index (χ0n) is 16.4. The minimum absolute atomic E-state index is 0.0992. The minimum Gasteiger partial charge on any atom is -0.439 e. The van der Waals surface area contributed by atoms with E-state index in [1.165, 1.54) is 62.8 Å². The van der Waals surface area contributed by atoms with E-state index in [-0.39, 0.29) is 23.2 Å². The number of nitrogens with one attached hydrogen (secondary N) is 1. The van der Waals surface area contributed by atoms with Crippen molar-refractivity contribution >= 4 is 15.9 Å². The van der Waals surface area contributed by atoms with Crippen molar-refractivity contribution in [3.05, 3.63) is 83.8 Å². The average Bonchev–Trinajstić information content (AvgIpc) is 2.73. The summed E-state index contributed by atoms with van der Waals surface area (Å²) in [5, 5.41) is 2.74. The Balaban J connectivity index is 1.69. The van der Waals surface area contributed by atoms with Gasteiger partial charge in [0, 0.05) is 44.0 Å². The molecule has 0 saturated heterocycles. The van der Waals surface area contributed by atoms with Gasteiger partial charge in [0.2, 0.25) is 15.9 Å². The molecule has 156 valence electrons. The summed E-state index contributed by atoms with van der Waals surface area (Å²) in [5.74, 6) is -0.280. The van der Waals surface area contributed by atoms with Crippen LogP contribution in [0.5, 0.6) is 11.6 Å². The fraction of sp³-hybridized carbons (Fsp3) is 0.143. The standard InChI is InChI=1S/C21H20FN3O4S/c1-25(2)30(27,28)19-10-8-15(9-11-19)20(26)24-14-16-5-4-12-23-21(16)29-18-7-3-6-17(22)13-18/h3-13H,14H2,1-2H3,(H,24,26). The highest BCUT2D eigenvalue weighted by atomic mass is 32.2. The van der Waals surface area contributed by atoms with Crippen molar-refractivity contribution in [1.82, 2.24) is 14.6 Å². The van der Waals surface area contributed by atoms with Crippen LogP contribution in [-0.4, -0.2) is 37.7 Å². The summed E-state index contributed by atoms with van der Waals surface area (Å²) in [6.45, 7) is 0.120. The number of halogens is 1. The van der Waals surface area contributed by atoms with Crippen LogP contribution in [0, 0.1) is 5.82 Å². The molecule has 2 aromatic carbocycles. The van der Waals surface area contributed by atoms with E-state index >= 15 is 0 Å². The predicted molar refractivity (Wildman–Crippen MR) is 109 cm³/mol. The van der Waals surface area contributed by atoms with Gasteiger partial charge in [-0.05, 0) is 42.5 Å². The zero-order chi connectivity index (χ0) is 21.7. The molecule has 0 unspecified atom stereocenters. The Morgan fingerprint density at radius 3 is 2.50 bits per heavy atom. The van der Waals surface area contributed by atoms with Gasteiger partial charge >= 0.3 is 0 Å². The topological polar surface area (TPSA) is 88.6 Å². The van der Waals surface area contributed by atoms with E-state index in [1.807, 2.05) is 0 Å². The Kier molecular flexibility index (Phi) is 6.43. The summed E-state index contributed by atoms with van der Waals surface area (Å²) in [6, 6.07) is 14.7. The number of hydrogen-bond acceptors (Lipinski definition) is 5. The normalized spacial score (nSPS) is 11.3. The van der Waals surface area contributed by atoms with Crippen molar-refractivity contribution < 1.29 is 22.3 Å². The summed E-state index contributed by atoms with van der Waals surface area (Å²) < 4.78 is 44.3. The van der Waals surface area contributed by atoms with Crippen LogP contribution in [0.25, 0.3) is 0 Å². The largest absolute Gasteiger partial charge is 0.439 e. The summed E-state index contributed by atoms with van der Waals surface area (Å²) in [7, 11) is -0.687. The van der Waals surface area contributed by atoms with Crippen LogP contribution in [0.4, 0.5) is 4.39 Å². The Morgan fingerprint density at radius 2 is 1.83 bits per heavy atom. The number of rotatable bonds is 7. The Labute approximate surface area is 174 Å². The molecule has 0 saturated carbocycles. The van der Waals surface area contributed by atoms with E-state index in [0.717, 1.165) is 4.31 Å². The second kappa shape index (κ2) is 9.02. The molecule has 1 aromatic heterocycles. The van der Waals surface area contributed by atoms with Crippen molar-refractivity contribution in [1.29, 1.82) is 0 Å². The number of carbonyl (C=O) groups excluding carboxylic acids is 1. The molecule has 3 aromatic rings. The van der Waals surface area contributed by atoms with Crippen molar-refractivity contribution in [3.8, 4) is 11.6 Å². The molecular formula is C21H20FN3O4S. The maximum absolute atomic E-state index is 13.4. The monoisotopic (exact) mass is 429 g/mol. The zero-order valence-corrected chi connectivity index (χ0v) is 17.2. The number of hydrogen-bond donors (Lipinski definition) is 1. The molecule has 3 rings (SSSR count).